The molecule has 152 valence electrons. The standard InChI is InChI=1S/C21H22ClN3O3S/c1-28-17-4-2-3-11-13(17)6-5-12-15(11)10-23-16(12)7-8-25-20(26)14-9-18(22)29-19(14)24-21(25)27/h2-4,9,12,15-16,23H,5-8,10H2,1H3,(H,24,27)/t12-,15+,16?/m1/s1. The quantitative estimate of drug-likeness (QED) is 0.665. The molecule has 2 aliphatic rings. The predicted octanol–water partition coefficient (Wildman–Crippen LogP) is 3.12. The number of hydrogen-bond donors (Lipinski definition) is 2. The average molecular weight is 432 g/mol. The molecule has 8 heteroatoms. The van der Waals surface area contributed by atoms with E-state index in [1.165, 1.54) is 27.0 Å². The van der Waals surface area contributed by atoms with Crippen LogP contribution < -0.4 is 21.3 Å². The maximum absolute atomic E-state index is 12.7. The SMILES string of the molecule is COc1cccc2c1CC[C@H]1C(CCn3c(=O)[nH]c4sc(Cl)cc4c3=O)NC[C@@H]21. The zero-order valence-corrected chi connectivity index (χ0v) is 17.6. The highest BCUT2D eigenvalue weighted by Gasteiger charge is 2.40. The van der Waals surface area contributed by atoms with Crippen molar-refractivity contribution in [2.75, 3.05) is 13.7 Å². The van der Waals surface area contributed by atoms with E-state index in [0.29, 0.717) is 32.9 Å². The third kappa shape index (κ3) is 3.12. The summed E-state index contributed by atoms with van der Waals surface area (Å²) in [6, 6.07) is 8.22. The number of H-pyrrole nitrogens is 1. The van der Waals surface area contributed by atoms with Gasteiger partial charge >= 0.3 is 5.69 Å². The second-order valence-electron chi connectivity index (χ2n) is 7.82. The van der Waals surface area contributed by atoms with Crippen molar-refractivity contribution in [3.8, 4) is 5.75 Å². The Kier molecular flexibility index (Phi) is 4.76. The fourth-order valence-corrected chi connectivity index (χ4v) is 6.21. The molecule has 1 fully saturated rings. The average Bonchev–Trinajstić information content (AvgIpc) is 3.30. The first kappa shape index (κ1) is 18.9. The maximum Gasteiger partial charge on any atom is 0.329 e. The van der Waals surface area contributed by atoms with E-state index in [4.69, 9.17) is 16.3 Å². The van der Waals surface area contributed by atoms with Crippen molar-refractivity contribution in [1.82, 2.24) is 14.9 Å². The largest absolute Gasteiger partial charge is 0.496 e. The van der Waals surface area contributed by atoms with E-state index in [9.17, 15) is 9.59 Å². The Hall–Kier alpha value is -2.09. The number of nitrogens with one attached hydrogen (secondary N) is 2. The molecule has 1 unspecified atom stereocenters. The van der Waals surface area contributed by atoms with Crippen LogP contribution in [0.2, 0.25) is 4.34 Å². The van der Waals surface area contributed by atoms with Crippen LogP contribution in [0.5, 0.6) is 5.75 Å². The van der Waals surface area contributed by atoms with Gasteiger partial charge in [0.2, 0.25) is 0 Å². The van der Waals surface area contributed by atoms with Crippen LogP contribution in [0.25, 0.3) is 10.2 Å². The minimum atomic E-state index is -0.366. The van der Waals surface area contributed by atoms with E-state index in [0.717, 1.165) is 31.6 Å². The molecule has 0 radical (unpaired) electrons. The molecule has 0 spiro atoms. The molecule has 1 aliphatic heterocycles. The minimum absolute atomic E-state index is 0.264. The smallest absolute Gasteiger partial charge is 0.329 e. The molecule has 1 aromatic carbocycles. The van der Waals surface area contributed by atoms with Gasteiger partial charge in [0.1, 0.15) is 10.6 Å². The van der Waals surface area contributed by atoms with E-state index >= 15 is 0 Å². The van der Waals surface area contributed by atoms with Crippen molar-refractivity contribution < 1.29 is 4.74 Å². The lowest BCUT2D eigenvalue weighted by atomic mass is 9.74. The molecule has 29 heavy (non-hydrogen) atoms. The van der Waals surface area contributed by atoms with E-state index in [-0.39, 0.29) is 17.3 Å². The van der Waals surface area contributed by atoms with Gasteiger partial charge in [-0.15, -0.1) is 11.3 Å². The molecule has 0 amide bonds. The maximum atomic E-state index is 12.7. The van der Waals surface area contributed by atoms with Crippen molar-refractivity contribution in [3.05, 3.63) is 60.6 Å². The Morgan fingerprint density at radius 3 is 3.03 bits per heavy atom. The lowest BCUT2D eigenvalue weighted by Crippen LogP contribution is -2.38. The Morgan fingerprint density at radius 2 is 2.21 bits per heavy atom. The summed E-state index contributed by atoms with van der Waals surface area (Å²) in [6.45, 7) is 1.31. The number of fused-ring (bicyclic) bond motifs is 4. The van der Waals surface area contributed by atoms with Gasteiger partial charge in [-0.25, -0.2) is 4.79 Å². The molecule has 3 atom stereocenters. The van der Waals surface area contributed by atoms with Gasteiger partial charge in [-0.1, -0.05) is 23.7 Å². The fraction of sp³-hybridized carbons (Fsp3) is 0.429. The number of ether oxygens (including phenoxy) is 1. The molecular formula is C21H22ClN3O3S. The summed E-state index contributed by atoms with van der Waals surface area (Å²) in [5, 5.41) is 4.12. The summed E-state index contributed by atoms with van der Waals surface area (Å²) in [7, 11) is 1.73. The first-order chi connectivity index (χ1) is 14.1. The zero-order valence-electron chi connectivity index (χ0n) is 16.0. The van der Waals surface area contributed by atoms with Crippen molar-refractivity contribution in [3.63, 3.8) is 0 Å². The number of hydrogen-bond acceptors (Lipinski definition) is 5. The zero-order chi connectivity index (χ0) is 20.1. The third-order valence-corrected chi connectivity index (χ3v) is 7.64. The minimum Gasteiger partial charge on any atom is -0.496 e. The van der Waals surface area contributed by atoms with Crippen molar-refractivity contribution in [1.29, 1.82) is 0 Å². The number of nitrogens with zero attached hydrogens (tertiary/aromatic N) is 1. The van der Waals surface area contributed by atoms with Gasteiger partial charge in [-0.2, -0.15) is 0 Å². The van der Waals surface area contributed by atoms with Gasteiger partial charge in [0, 0.05) is 25.0 Å². The van der Waals surface area contributed by atoms with Crippen LogP contribution in [0.15, 0.2) is 33.9 Å². The highest BCUT2D eigenvalue weighted by Crippen LogP contribution is 2.44. The van der Waals surface area contributed by atoms with E-state index in [1.807, 2.05) is 6.07 Å². The third-order valence-electron chi connectivity index (χ3n) is 6.46. The molecule has 1 saturated heterocycles. The summed E-state index contributed by atoms with van der Waals surface area (Å²) in [4.78, 5) is 28.5. The molecule has 5 rings (SSSR count). The molecule has 1 aliphatic carbocycles. The highest BCUT2D eigenvalue weighted by molar-refractivity contribution is 7.22. The Balaban J connectivity index is 1.38. The van der Waals surface area contributed by atoms with Gasteiger partial charge in [-0.05, 0) is 48.4 Å². The predicted molar refractivity (Wildman–Crippen MR) is 116 cm³/mol. The molecule has 0 bridgehead atoms. The number of benzene rings is 1. The summed E-state index contributed by atoms with van der Waals surface area (Å²) in [6.07, 6.45) is 2.82. The summed E-state index contributed by atoms with van der Waals surface area (Å²) < 4.78 is 7.36. The molecule has 0 saturated carbocycles. The van der Waals surface area contributed by atoms with Gasteiger partial charge in [0.15, 0.2) is 0 Å². The highest BCUT2D eigenvalue weighted by atomic mass is 35.5. The number of rotatable bonds is 4. The second kappa shape index (κ2) is 7.31. The molecule has 2 aromatic heterocycles. The number of halogens is 1. The lowest BCUT2D eigenvalue weighted by Gasteiger charge is -2.31. The van der Waals surface area contributed by atoms with Crippen LogP contribution in [-0.2, 0) is 13.0 Å². The topological polar surface area (TPSA) is 76.1 Å². The van der Waals surface area contributed by atoms with Crippen LogP contribution in [0.4, 0.5) is 0 Å². The van der Waals surface area contributed by atoms with E-state index < -0.39 is 0 Å². The molecule has 6 nitrogen and oxygen atoms in total. The van der Waals surface area contributed by atoms with Crippen molar-refractivity contribution in [2.24, 2.45) is 5.92 Å². The number of methoxy groups -OCH3 is 1. The molecule has 3 heterocycles. The van der Waals surface area contributed by atoms with Crippen LogP contribution in [0, 0.1) is 5.92 Å². The van der Waals surface area contributed by atoms with Crippen molar-refractivity contribution in [2.45, 2.75) is 37.8 Å². The summed E-state index contributed by atoms with van der Waals surface area (Å²) >= 11 is 7.23. The molecule has 2 N–H and O–H groups in total. The number of aromatic amines is 1. The Labute approximate surface area is 176 Å². The fourth-order valence-electron chi connectivity index (χ4n) is 5.11. The summed E-state index contributed by atoms with van der Waals surface area (Å²) in [5.41, 5.74) is 2.07. The first-order valence-electron chi connectivity index (χ1n) is 9.88. The van der Waals surface area contributed by atoms with Crippen LogP contribution >= 0.6 is 22.9 Å². The Bertz CT molecular complexity index is 1200. The lowest BCUT2D eigenvalue weighted by molar-refractivity contribution is 0.337. The van der Waals surface area contributed by atoms with Gasteiger partial charge in [-0.3, -0.25) is 14.3 Å². The summed E-state index contributed by atoms with van der Waals surface area (Å²) in [5.74, 6) is 1.93. The number of thiophene rings is 1. The number of aromatic nitrogens is 2. The molecular weight excluding hydrogens is 410 g/mol. The normalized spacial score (nSPS) is 23.2. The van der Waals surface area contributed by atoms with E-state index in [2.05, 4.69) is 22.4 Å². The molecule has 3 aromatic rings. The first-order valence-corrected chi connectivity index (χ1v) is 11.1. The van der Waals surface area contributed by atoms with Gasteiger partial charge < -0.3 is 10.1 Å². The van der Waals surface area contributed by atoms with Gasteiger partial charge in [0.05, 0.1) is 16.8 Å². The second-order valence-corrected chi connectivity index (χ2v) is 9.50. The van der Waals surface area contributed by atoms with Crippen molar-refractivity contribution >= 4 is 33.2 Å². The van der Waals surface area contributed by atoms with Gasteiger partial charge in [0.25, 0.3) is 5.56 Å². The Morgan fingerprint density at radius 1 is 1.34 bits per heavy atom. The van der Waals surface area contributed by atoms with Crippen LogP contribution in [0.1, 0.15) is 29.9 Å². The van der Waals surface area contributed by atoms with Crippen LogP contribution in [0.3, 0.4) is 0 Å². The van der Waals surface area contributed by atoms with E-state index in [1.54, 1.807) is 13.2 Å². The monoisotopic (exact) mass is 431 g/mol. The van der Waals surface area contributed by atoms with Crippen LogP contribution in [-0.4, -0.2) is 29.2 Å².